The molecule has 0 amide bonds. The first-order valence-corrected chi connectivity index (χ1v) is 7.56. The number of esters is 1. The molecule has 1 aliphatic rings. The molecule has 0 bridgehead atoms. The third-order valence-corrected chi connectivity index (χ3v) is 3.52. The van der Waals surface area contributed by atoms with Crippen molar-refractivity contribution in [2.75, 3.05) is 11.9 Å². The zero-order chi connectivity index (χ0) is 17.6. The van der Waals surface area contributed by atoms with E-state index in [9.17, 15) is 9.59 Å². The molecule has 1 heterocycles. The van der Waals surface area contributed by atoms with Gasteiger partial charge < -0.3 is 14.8 Å². The molecule has 2 aromatic carbocycles. The molecule has 1 N–H and O–H groups in total. The lowest BCUT2D eigenvalue weighted by Gasteiger charge is -2.09. The maximum absolute atomic E-state index is 12.3. The number of ether oxygens (including phenoxy) is 2. The Balaban J connectivity index is 1.73. The maximum Gasteiger partial charge on any atom is 0.347 e. The van der Waals surface area contributed by atoms with Crippen LogP contribution in [0.15, 0.2) is 66.1 Å². The van der Waals surface area contributed by atoms with Crippen LogP contribution in [-0.4, -0.2) is 18.4 Å². The van der Waals surface area contributed by atoms with Crippen molar-refractivity contribution >= 4 is 17.4 Å². The monoisotopic (exact) mass is 334 g/mol. The first-order valence-electron chi connectivity index (χ1n) is 7.56. The number of rotatable bonds is 5. The van der Waals surface area contributed by atoms with Gasteiger partial charge in [0.1, 0.15) is 6.61 Å². The molecule has 0 aliphatic carbocycles. The topological polar surface area (TPSA) is 88.4 Å². The molecule has 1 aliphatic heterocycles. The van der Waals surface area contributed by atoms with E-state index < -0.39 is 11.8 Å². The SMILES string of the molecule is N#Cc1cccc(COC(=O)C2=C(Nc3ccccc3)OCC2=O)c1. The molecule has 0 spiro atoms. The minimum absolute atomic E-state index is 0.0379. The highest BCUT2D eigenvalue weighted by Crippen LogP contribution is 2.21. The molecule has 3 rings (SSSR count). The van der Waals surface area contributed by atoms with E-state index in [-0.39, 0.29) is 24.7 Å². The van der Waals surface area contributed by atoms with Crippen LogP contribution in [0.2, 0.25) is 0 Å². The lowest BCUT2D eigenvalue weighted by Crippen LogP contribution is -2.16. The lowest BCUT2D eigenvalue weighted by atomic mass is 10.1. The Morgan fingerprint density at radius 2 is 2.00 bits per heavy atom. The fourth-order valence-electron chi connectivity index (χ4n) is 2.32. The molecule has 6 heteroatoms. The lowest BCUT2D eigenvalue weighted by molar-refractivity contribution is -0.141. The second-order valence-electron chi connectivity index (χ2n) is 5.30. The number of hydrogen-bond acceptors (Lipinski definition) is 6. The van der Waals surface area contributed by atoms with Crippen LogP contribution in [0.1, 0.15) is 11.1 Å². The van der Waals surface area contributed by atoms with E-state index in [1.807, 2.05) is 24.3 Å². The van der Waals surface area contributed by atoms with Crippen molar-refractivity contribution in [1.29, 1.82) is 5.26 Å². The van der Waals surface area contributed by atoms with E-state index in [0.717, 1.165) is 0 Å². The molecule has 0 atom stereocenters. The third kappa shape index (κ3) is 3.85. The van der Waals surface area contributed by atoms with Crippen molar-refractivity contribution in [3.63, 3.8) is 0 Å². The van der Waals surface area contributed by atoms with Gasteiger partial charge in [-0.05, 0) is 29.8 Å². The van der Waals surface area contributed by atoms with E-state index in [1.54, 1.807) is 36.4 Å². The van der Waals surface area contributed by atoms with Crippen LogP contribution in [0.5, 0.6) is 0 Å². The van der Waals surface area contributed by atoms with Gasteiger partial charge >= 0.3 is 5.97 Å². The van der Waals surface area contributed by atoms with Crippen LogP contribution in [0.4, 0.5) is 5.69 Å². The normalized spacial score (nSPS) is 13.2. The number of carbonyl (C=O) groups excluding carboxylic acids is 2. The average Bonchev–Trinajstić information content (AvgIpc) is 3.01. The zero-order valence-corrected chi connectivity index (χ0v) is 13.2. The van der Waals surface area contributed by atoms with Crippen LogP contribution in [0, 0.1) is 11.3 Å². The van der Waals surface area contributed by atoms with E-state index >= 15 is 0 Å². The maximum atomic E-state index is 12.3. The van der Waals surface area contributed by atoms with Crippen LogP contribution in [-0.2, 0) is 25.7 Å². The van der Waals surface area contributed by atoms with Crippen LogP contribution < -0.4 is 5.32 Å². The van der Waals surface area contributed by atoms with Gasteiger partial charge in [0, 0.05) is 5.69 Å². The molecule has 0 saturated heterocycles. The second-order valence-corrected chi connectivity index (χ2v) is 5.30. The average molecular weight is 334 g/mol. The van der Waals surface area contributed by atoms with Gasteiger partial charge in [0.25, 0.3) is 0 Å². The predicted octanol–water partition coefficient (Wildman–Crippen LogP) is 2.52. The van der Waals surface area contributed by atoms with Gasteiger partial charge in [-0.25, -0.2) is 4.79 Å². The molecule has 6 nitrogen and oxygen atoms in total. The van der Waals surface area contributed by atoms with Gasteiger partial charge in [-0.2, -0.15) is 5.26 Å². The molecule has 2 aromatic rings. The Morgan fingerprint density at radius 3 is 2.76 bits per heavy atom. The minimum atomic E-state index is -0.761. The summed E-state index contributed by atoms with van der Waals surface area (Å²) in [5, 5.41) is 11.8. The van der Waals surface area contributed by atoms with Crippen molar-refractivity contribution in [1.82, 2.24) is 0 Å². The van der Waals surface area contributed by atoms with Gasteiger partial charge in [-0.1, -0.05) is 30.3 Å². The number of ketones is 1. The molecule has 0 fully saturated rings. The van der Waals surface area contributed by atoms with Crippen molar-refractivity contribution in [2.45, 2.75) is 6.61 Å². The number of nitriles is 1. The highest BCUT2D eigenvalue weighted by atomic mass is 16.5. The largest absolute Gasteiger partial charge is 0.470 e. The Labute approximate surface area is 144 Å². The van der Waals surface area contributed by atoms with Crippen molar-refractivity contribution in [3.05, 3.63) is 77.2 Å². The van der Waals surface area contributed by atoms with E-state index in [0.29, 0.717) is 16.8 Å². The van der Waals surface area contributed by atoms with Gasteiger partial charge in [0.2, 0.25) is 11.7 Å². The van der Waals surface area contributed by atoms with Crippen molar-refractivity contribution < 1.29 is 19.1 Å². The molecular formula is C19H14N2O4. The molecule has 0 aromatic heterocycles. The van der Waals surface area contributed by atoms with Crippen molar-refractivity contribution in [3.8, 4) is 6.07 Å². The standard InChI is InChI=1S/C19H14N2O4/c20-10-13-5-4-6-14(9-13)11-25-19(23)17-16(22)12-24-18(17)21-15-7-2-1-3-8-15/h1-9,21H,11-12H2. The number of nitrogens with zero attached hydrogens (tertiary/aromatic N) is 1. The number of benzene rings is 2. The predicted molar refractivity (Wildman–Crippen MR) is 89.0 cm³/mol. The number of anilines is 1. The first kappa shape index (κ1) is 16.3. The fraction of sp³-hybridized carbons (Fsp3) is 0.105. The fourth-order valence-corrected chi connectivity index (χ4v) is 2.32. The quantitative estimate of drug-likeness (QED) is 0.668. The number of hydrogen-bond donors (Lipinski definition) is 1. The number of para-hydroxylation sites is 1. The van der Waals surface area contributed by atoms with Crippen LogP contribution in [0.3, 0.4) is 0 Å². The minimum Gasteiger partial charge on any atom is -0.470 e. The van der Waals surface area contributed by atoms with Crippen LogP contribution >= 0.6 is 0 Å². The summed E-state index contributed by atoms with van der Waals surface area (Å²) in [5.41, 5.74) is 1.69. The van der Waals surface area contributed by atoms with Crippen LogP contribution in [0.25, 0.3) is 0 Å². The highest BCUT2D eigenvalue weighted by molar-refractivity contribution is 6.19. The summed E-state index contributed by atoms with van der Waals surface area (Å²) >= 11 is 0. The van der Waals surface area contributed by atoms with Gasteiger partial charge in [-0.3, -0.25) is 4.79 Å². The molecule has 0 radical (unpaired) electrons. The number of carbonyl (C=O) groups is 2. The number of nitrogens with one attached hydrogen (secondary N) is 1. The zero-order valence-electron chi connectivity index (χ0n) is 13.2. The van der Waals surface area contributed by atoms with E-state index in [1.165, 1.54) is 0 Å². The number of Topliss-reactive ketones (excluding diaryl/α,β-unsaturated/α-hetero) is 1. The van der Waals surface area contributed by atoms with E-state index in [4.69, 9.17) is 14.7 Å². The summed E-state index contributed by atoms with van der Waals surface area (Å²) in [6.07, 6.45) is 0. The third-order valence-electron chi connectivity index (χ3n) is 3.52. The highest BCUT2D eigenvalue weighted by Gasteiger charge is 2.32. The van der Waals surface area contributed by atoms with Gasteiger partial charge in [0.05, 0.1) is 11.6 Å². The summed E-state index contributed by atoms with van der Waals surface area (Å²) < 4.78 is 10.5. The van der Waals surface area contributed by atoms with Gasteiger partial charge in [0.15, 0.2) is 12.2 Å². The molecule has 124 valence electrons. The summed E-state index contributed by atoms with van der Waals surface area (Å²) in [4.78, 5) is 24.3. The molecule has 0 unspecified atom stereocenters. The molecule has 25 heavy (non-hydrogen) atoms. The summed E-state index contributed by atoms with van der Waals surface area (Å²) in [6.45, 7) is -0.243. The summed E-state index contributed by atoms with van der Waals surface area (Å²) in [7, 11) is 0. The smallest absolute Gasteiger partial charge is 0.347 e. The van der Waals surface area contributed by atoms with E-state index in [2.05, 4.69) is 5.32 Å². The van der Waals surface area contributed by atoms with Crippen molar-refractivity contribution in [2.24, 2.45) is 0 Å². The van der Waals surface area contributed by atoms with Gasteiger partial charge in [-0.15, -0.1) is 0 Å². The second kappa shape index (κ2) is 7.32. The Hall–Kier alpha value is -3.59. The Morgan fingerprint density at radius 1 is 1.20 bits per heavy atom. The Kier molecular flexibility index (Phi) is 4.77. The molecular weight excluding hydrogens is 320 g/mol. The molecule has 0 saturated carbocycles. The summed E-state index contributed by atoms with van der Waals surface area (Å²) in [6, 6.07) is 17.8. The Bertz CT molecular complexity index is 882. The first-order chi connectivity index (χ1) is 12.2. The summed E-state index contributed by atoms with van der Waals surface area (Å²) in [5.74, 6) is -1.11.